The standard InChI is InChI=1S/C7H8OS.CHF3O3S/c1-8-6-3-2-4-7(9)5-6;2-1(3,4)8(5,6)7/h2-5,9H,1H3;(H,5,6,7). The molecule has 0 spiro atoms. The Morgan fingerprint density at radius 2 is 1.82 bits per heavy atom. The molecule has 0 amide bonds. The Morgan fingerprint density at radius 3 is 2.06 bits per heavy atom. The van der Waals surface area contributed by atoms with Gasteiger partial charge in [0, 0.05) is 6.07 Å². The fraction of sp³-hybridized carbons (Fsp3) is 0.250. The number of hydrogen-bond donors (Lipinski definition) is 0. The molecule has 0 radical (unpaired) electrons. The average Bonchev–Trinajstić information content (AvgIpc) is 2.15. The number of halogens is 3. The number of benzene rings is 1. The van der Waals surface area contributed by atoms with Crippen molar-refractivity contribution in [2.24, 2.45) is 0 Å². The molecule has 1 aromatic carbocycles. The van der Waals surface area contributed by atoms with Crippen LogP contribution in [0.15, 0.2) is 29.2 Å². The van der Waals surface area contributed by atoms with Gasteiger partial charge in [0.2, 0.25) is 0 Å². The summed E-state index contributed by atoms with van der Waals surface area (Å²) in [6.07, 6.45) is 0. The van der Waals surface area contributed by atoms with E-state index in [2.05, 4.69) is 12.6 Å². The van der Waals surface area contributed by atoms with Crippen molar-refractivity contribution in [3.8, 4) is 5.75 Å². The van der Waals surface area contributed by atoms with Gasteiger partial charge >= 0.3 is 5.51 Å². The van der Waals surface area contributed by atoms with E-state index in [0.717, 1.165) is 10.6 Å². The van der Waals surface area contributed by atoms with Gasteiger partial charge in [0.05, 0.1) is 7.11 Å². The first-order valence-corrected chi connectivity index (χ1v) is 5.86. The van der Waals surface area contributed by atoms with Crippen molar-refractivity contribution in [3.63, 3.8) is 0 Å². The molecule has 0 N–H and O–H groups in total. The number of ether oxygens (including phenoxy) is 1. The molecule has 0 aliphatic heterocycles. The molecule has 0 bridgehead atoms. The first-order valence-electron chi connectivity index (χ1n) is 3.95. The van der Waals surface area contributed by atoms with Gasteiger partial charge in [0.15, 0.2) is 15.0 Å². The number of alkyl halides is 3. The SMILES string of the molecule is COc1cccc([SH2+])c1.O=S(=O)([O-])C(F)(F)F. The molecule has 0 fully saturated rings. The van der Waals surface area contributed by atoms with Crippen LogP contribution in [0.5, 0.6) is 5.75 Å². The Kier molecular flexibility index (Phi) is 5.79. The molecular formula is C8H9F3O4S2. The second-order valence-corrected chi connectivity index (χ2v) is 4.58. The second kappa shape index (κ2) is 6.12. The molecular weight excluding hydrogens is 281 g/mol. The minimum atomic E-state index is -6.09. The summed E-state index contributed by atoms with van der Waals surface area (Å²) in [7, 11) is -4.44. The van der Waals surface area contributed by atoms with Gasteiger partial charge in [-0.15, -0.1) is 0 Å². The number of hydrogen-bond acceptors (Lipinski definition) is 4. The maximum atomic E-state index is 10.7. The topological polar surface area (TPSA) is 66.4 Å². The lowest BCUT2D eigenvalue weighted by Gasteiger charge is -2.08. The molecule has 0 aliphatic rings. The molecule has 4 nitrogen and oxygen atoms in total. The van der Waals surface area contributed by atoms with Crippen LogP contribution in [0.2, 0.25) is 0 Å². The van der Waals surface area contributed by atoms with E-state index in [-0.39, 0.29) is 0 Å². The van der Waals surface area contributed by atoms with Crippen LogP contribution >= 0.6 is 0 Å². The van der Waals surface area contributed by atoms with E-state index in [0.29, 0.717) is 0 Å². The summed E-state index contributed by atoms with van der Waals surface area (Å²) in [6, 6.07) is 7.71. The lowest BCUT2D eigenvalue weighted by molar-refractivity contribution is -0.0517. The van der Waals surface area contributed by atoms with Crippen molar-refractivity contribution >= 4 is 22.7 Å². The number of rotatable bonds is 1. The summed E-state index contributed by atoms with van der Waals surface area (Å²) < 4.78 is 63.9. The minimum absolute atomic E-state index is 0.877. The Bertz CT molecular complexity index is 456. The molecule has 0 saturated heterocycles. The van der Waals surface area contributed by atoms with E-state index in [1.165, 1.54) is 0 Å². The van der Waals surface area contributed by atoms with E-state index in [1.807, 2.05) is 24.3 Å². The lowest BCUT2D eigenvalue weighted by Crippen LogP contribution is -2.21. The third kappa shape index (κ3) is 6.39. The monoisotopic (exact) mass is 290 g/mol. The Morgan fingerprint density at radius 1 is 1.35 bits per heavy atom. The zero-order valence-electron chi connectivity index (χ0n) is 8.48. The predicted molar refractivity (Wildman–Crippen MR) is 57.2 cm³/mol. The van der Waals surface area contributed by atoms with Crippen LogP contribution in [0.3, 0.4) is 0 Å². The Labute approximate surface area is 102 Å². The highest BCUT2D eigenvalue weighted by atomic mass is 32.2. The smallest absolute Gasteiger partial charge is 0.485 e. The summed E-state index contributed by atoms with van der Waals surface area (Å²) in [6.45, 7) is 0. The minimum Gasteiger partial charge on any atom is -0.741 e. The van der Waals surface area contributed by atoms with Crippen molar-refractivity contribution in [3.05, 3.63) is 24.3 Å². The first-order chi connectivity index (χ1) is 7.58. The molecule has 0 unspecified atom stereocenters. The van der Waals surface area contributed by atoms with Gasteiger partial charge in [-0.1, -0.05) is 6.07 Å². The molecule has 0 saturated carbocycles. The van der Waals surface area contributed by atoms with Crippen LogP contribution in [0.1, 0.15) is 0 Å². The molecule has 1 rings (SSSR count). The molecule has 0 aliphatic carbocycles. The Hall–Kier alpha value is -0.930. The first kappa shape index (κ1) is 16.1. The predicted octanol–water partition coefficient (Wildman–Crippen LogP) is 1.12. The van der Waals surface area contributed by atoms with E-state index in [1.54, 1.807) is 7.11 Å². The summed E-state index contributed by atoms with van der Waals surface area (Å²) in [4.78, 5) is 1.04. The van der Waals surface area contributed by atoms with E-state index >= 15 is 0 Å². The Balaban J connectivity index is 0.000000304. The van der Waals surface area contributed by atoms with Gasteiger partial charge in [-0.25, -0.2) is 8.42 Å². The van der Waals surface area contributed by atoms with Crippen molar-refractivity contribution < 1.29 is 30.9 Å². The van der Waals surface area contributed by atoms with Crippen molar-refractivity contribution in [2.75, 3.05) is 7.11 Å². The lowest BCUT2D eigenvalue weighted by atomic mass is 10.3. The molecule has 0 atom stereocenters. The maximum Gasteiger partial charge on any atom is 0.485 e. The summed E-state index contributed by atoms with van der Waals surface area (Å²) in [5, 5.41) is 0. The molecule has 1 aromatic rings. The molecule has 0 heterocycles. The highest BCUT2D eigenvalue weighted by Crippen LogP contribution is 2.20. The van der Waals surface area contributed by atoms with Crippen molar-refractivity contribution in [1.82, 2.24) is 0 Å². The third-order valence-corrected chi connectivity index (χ3v) is 2.23. The quantitative estimate of drug-likeness (QED) is 0.441. The van der Waals surface area contributed by atoms with E-state index < -0.39 is 15.6 Å². The van der Waals surface area contributed by atoms with E-state index in [9.17, 15) is 13.2 Å². The van der Waals surface area contributed by atoms with Crippen LogP contribution in [0.4, 0.5) is 13.2 Å². The zero-order valence-corrected chi connectivity index (χ0v) is 10.3. The summed E-state index contributed by atoms with van der Waals surface area (Å²) in [5.41, 5.74) is -5.65. The second-order valence-electron chi connectivity index (χ2n) is 2.63. The molecule has 17 heavy (non-hydrogen) atoms. The molecule has 98 valence electrons. The fourth-order valence-electron chi connectivity index (χ4n) is 0.623. The summed E-state index contributed by atoms with van der Waals surface area (Å²) >= 11 is 3.37. The van der Waals surface area contributed by atoms with Gasteiger partial charge in [-0.3, -0.25) is 0 Å². The van der Waals surface area contributed by atoms with Gasteiger partial charge < -0.3 is 9.29 Å². The maximum absolute atomic E-state index is 10.7. The fourth-order valence-corrected chi connectivity index (χ4v) is 0.862. The normalized spacial score (nSPS) is 11.4. The van der Waals surface area contributed by atoms with Gasteiger partial charge in [0.25, 0.3) is 0 Å². The highest BCUT2D eigenvalue weighted by molar-refractivity contribution is 7.86. The average molecular weight is 290 g/mol. The van der Waals surface area contributed by atoms with Crippen molar-refractivity contribution in [1.29, 1.82) is 0 Å². The van der Waals surface area contributed by atoms with Crippen LogP contribution in [-0.4, -0.2) is 25.6 Å². The number of methoxy groups -OCH3 is 1. The third-order valence-electron chi connectivity index (χ3n) is 1.35. The van der Waals surface area contributed by atoms with Crippen LogP contribution < -0.4 is 4.74 Å². The largest absolute Gasteiger partial charge is 0.741 e. The molecule has 9 heteroatoms. The van der Waals surface area contributed by atoms with Crippen molar-refractivity contribution in [2.45, 2.75) is 10.4 Å². The van der Waals surface area contributed by atoms with Crippen LogP contribution in [-0.2, 0) is 22.7 Å². The van der Waals surface area contributed by atoms with Crippen LogP contribution in [0.25, 0.3) is 0 Å². The van der Waals surface area contributed by atoms with Crippen LogP contribution in [0, 0.1) is 0 Å². The summed E-state index contributed by atoms with van der Waals surface area (Å²) in [5.74, 6) is 0.877. The van der Waals surface area contributed by atoms with Gasteiger partial charge in [-0.2, -0.15) is 13.2 Å². The zero-order chi connectivity index (χ0) is 13.7. The van der Waals surface area contributed by atoms with E-state index in [4.69, 9.17) is 17.7 Å². The highest BCUT2D eigenvalue weighted by Gasteiger charge is 2.36. The van der Waals surface area contributed by atoms with Gasteiger partial charge in [0.1, 0.15) is 5.75 Å². The van der Waals surface area contributed by atoms with Gasteiger partial charge in [-0.05, 0) is 24.8 Å². The molecule has 0 aromatic heterocycles.